The number of benzene rings is 2. The maximum absolute atomic E-state index is 13.1. The van der Waals surface area contributed by atoms with Crippen molar-refractivity contribution in [1.29, 1.82) is 0 Å². The second kappa shape index (κ2) is 8.41. The summed E-state index contributed by atoms with van der Waals surface area (Å²) in [5, 5.41) is 0. The van der Waals surface area contributed by atoms with E-state index in [1.54, 1.807) is 6.33 Å². The van der Waals surface area contributed by atoms with E-state index < -0.39 is 18.4 Å². The molecule has 5 rings (SSSR count). The molecular formula is C26H28F3N3O2. The van der Waals surface area contributed by atoms with Gasteiger partial charge in [0.15, 0.2) is 6.23 Å². The lowest BCUT2D eigenvalue weighted by Crippen LogP contribution is -2.47. The minimum Gasteiger partial charge on any atom is -0.435 e. The number of alkyl halides is 3. The molecule has 2 aromatic carbocycles. The Morgan fingerprint density at radius 2 is 1.82 bits per heavy atom. The number of carbonyl (C=O) groups excluding carboxylic acids is 1. The predicted molar refractivity (Wildman–Crippen MR) is 123 cm³/mol. The highest BCUT2D eigenvalue weighted by molar-refractivity contribution is 5.81. The average Bonchev–Trinajstić information content (AvgIpc) is 3.26. The normalized spacial score (nSPS) is 21.4. The molecular weight excluding hydrogens is 443 g/mol. The fourth-order valence-electron chi connectivity index (χ4n) is 5.29. The van der Waals surface area contributed by atoms with Crippen LogP contribution in [0.25, 0.3) is 22.2 Å². The molecule has 8 heteroatoms. The van der Waals surface area contributed by atoms with Gasteiger partial charge in [-0.1, -0.05) is 38.1 Å². The summed E-state index contributed by atoms with van der Waals surface area (Å²) in [6.45, 7) is 4.99. The molecule has 1 aromatic heterocycles. The molecule has 0 amide bonds. The highest BCUT2D eigenvalue weighted by atomic mass is 19.4. The number of carbonyl (C=O) groups is 1. The van der Waals surface area contributed by atoms with Gasteiger partial charge in [-0.15, -0.1) is 0 Å². The van der Waals surface area contributed by atoms with Crippen molar-refractivity contribution >= 4 is 17.0 Å². The number of rotatable bonds is 3. The van der Waals surface area contributed by atoms with Crippen LogP contribution in [0.2, 0.25) is 0 Å². The molecule has 0 bridgehead atoms. The second-order valence-electron chi connectivity index (χ2n) is 10.2. The molecule has 3 aromatic rings. The molecule has 1 fully saturated rings. The van der Waals surface area contributed by atoms with Crippen LogP contribution in [0.4, 0.5) is 13.2 Å². The van der Waals surface area contributed by atoms with Gasteiger partial charge in [0.1, 0.15) is 0 Å². The van der Waals surface area contributed by atoms with Crippen molar-refractivity contribution in [3.8, 4) is 11.1 Å². The lowest BCUT2D eigenvalue weighted by atomic mass is 9.75. The Bertz CT molecular complexity index is 1210. The summed E-state index contributed by atoms with van der Waals surface area (Å²) in [5.41, 5.74) is 5.49. The number of esters is 1. The molecule has 5 nitrogen and oxygen atoms in total. The Labute approximate surface area is 196 Å². The number of fused-ring (bicyclic) bond motifs is 2. The topological polar surface area (TPSA) is 58.2 Å². The molecule has 34 heavy (non-hydrogen) atoms. The van der Waals surface area contributed by atoms with Gasteiger partial charge in [0, 0.05) is 18.2 Å². The minimum atomic E-state index is -5.03. The molecule has 1 N–H and O–H groups in total. The fourth-order valence-corrected chi connectivity index (χ4v) is 5.29. The van der Waals surface area contributed by atoms with Gasteiger partial charge in [-0.2, -0.15) is 13.2 Å². The van der Waals surface area contributed by atoms with Crippen LogP contribution < -0.4 is 0 Å². The van der Waals surface area contributed by atoms with E-state index >= 15 is 0 Å². The van der Waals surface area contributed by atoms with Crippen molar-refractivity contribution < 1.29 is 22.7 Å². The van der Waals surface area contributed by atoms with Gasteiger partial charge in [0.25, 0.3) is 0 Å². The average molecular weight is 472 g/mol. The standard InChI is InChI=1S/C26H28F3N3O2/c1-25(2)10-7-19(8-11-25)32-12-9-18-13-16(17-4-6-21-22(14-17)31-15-30-21)3-5-20(18)23(32)34-24(33)26(27,28)29/h3-6,13-15,19,23H,7-12H2,1-2H3,(H,30,31). The molecule has 0 spiro atoms. The maximum atomic E-state index is 13.1. The summed E-state index contributed by atoms with van der Waals surface area (Å²) in [4.78, 5) is 21.2. The molecule has 1 atom stereocenters. The van der Waals surface area contributed by atoms with E-state index in [0.29, 0.717) is 18.5 Å². The van der Waals surface area contributed by atoms with Crippen LogP contribution >= 0.6 is 0 Å². The first-order valence-corrected chi connectivity index (χ1v) is 11.7. The Hall–Kier alpha value is -2.87. The Balaban J connectivity index is 1.47. The minimum absolute atomic E-state index is 0.0916. The van der Waals surface area contributed by atoms with Gasteiger partial charge in [-0.05, 0) is 66.3 Å². The summed E-state index contributed by atoms with van der Waals surface area (Å²) in [7, 11) is 0. The Kier molecular flexibility index (Phi) is 5.67. The lowest BCUT2D eigenvalue weighted by Gasteiger charge is -2.45. The Morgan fingerprint density at radius 3 is 2.56 bits per heavy atom. The van der Waals surface area contributed by atoms with Crippen molar-refractivity contribution in [3.63, 3.8) is 0 Å². The highest BCUT2D eigenvalue weighted by Crippen LogP contribution is 2.42. The van der Waals surface area contributed by atoms with Crippen molar-refractivity contribution in [1.82, 2.24) is 14.9 Å². The Morgan fingerprint density at radius 1 is 1.12 bits per heavy atom. The molecule has 1 unspecified atom stereocenters. The van der Waals surface area contributed by atoms with E-state index in [1.807, 2.05) is 41.3 Å². The smallest absolute Gasteiger partial charge is 0.435 e. The van der Waals surface area contributed by atoms with Crippen LogP contribution in [0.3, 0.4) is 0 Å². The summed E-state index contributed by atoms with van der Waals surface area (Å²) in [6.07, 6.45) is 0.0123. The fraction of sp³-hybridized carbons (Fsp3) is 0.462. The molecule has 1 aliphatic carbocycles. The van der Waals surface area contributed by atoms with Crippen LogP contribution in [0.1, 0.15) is 56.9 Å². The maximum Gasteiger partial charge on any atom is 0.490 e. The van der Waals surface area contributed by atoms with E-state index in [2.05, 4.69) is 23.8 Å². The molecule has 0 saturated heterocycles. The van der Waals surface area contributed by atoms with E-state index in [4.69, 9.17) is 4.74 Å². The van der Waals surface area contributed by atoms with Crippen LogP contribution in [0, 0.1) is 5.41 Å². The number of aromatic nitrogens is 2. The first-order valence-electron chi connectivity index (χ1n) is 11.7. The van der Waals surface area contributed by atoms with E-state index in [1.165, 1.54) is 0 Å². The molecule has 1 aliphatic heterocycles. The summed E-state index contributed by atoms with van der Waals surface area (Å²) >= 11 is 0. The first-order chi connectivity index (χ1) is 16.1. The molecule has 1 saturated carbocycles. The SMILES string of the molecule is CC1(C)CCC(N2CCc3cc(-c4ccc5[nH]cnc5c4)ccc3C2OC(=O)C(F)(F)F)CC1. The van der Waals surface area contributed by atoms with Crippen molar-refractivity contribution in [3.05, 3.63) is 53.9 Å². The monoisotopic (exact) mass is 471 g/mol. The summed E-state index contributed by atoms with van der Waals surface area (Å²) in [5.74, 6) is -2.14. The van der Waals surface area contributed by atoms with E-state index in [9.17, 15) is 18.0 Å². The second-order valence-corrected chi connectivity index (χ2v) is 10.2. The van der Waals surface area contributed by atoms with Gasteiger partial charge in [-0.3, -0.25) is 4.90 Å². The third kappa shape index (κ3) is 4.43. The molecule has 2 heterocycles. The number of hydrogen-bond donors (Lipinski definition) is 1. The van der Waals surface area contributed by atoms with Gasteiger partial charge >= 0.3 is 12.1 Å². The van der Waals surface area contributed by atoms with Crippen molar-refractivity contribution in [2.45, 2.75) is 64.4 Å². The predicted octanol–water partition coefficient (Wildman–Crippen LogP) is 6.16. The van der Waals surface area contributed by atoms with Gasteiger partial charge in [0.05, 0.1) is 17.4 Å². The summed E-state index contributed by atoms with van der Waals surface area (Å²) in [6, 6.07) is 11.7. The van der Waals surface area contributed by atoms with Crippen LogP contribution in [0.5, 0.6) is 0 Å². The van der Waals surface area contributed by atoms with Crippen molar-refractivity contribution in [2.75, 3.05) is 6.54 Å². The molecule has 2 aliphatic rings. The zero-order chi connectivity index (χ0) is 24.1. The van der Waals surface area contributed by atoms with Gasteiger partial charge in [-0.25, -0.2) is 9.78 Å². The number of H-pyrrole nitrogens is 1. The number of nitrogens with one attached hydrogen (secondary N) is 1. The van der Waals surface area contributed by atoms with E-state index in [0.717, 1.165) is 53.4 Å². The number of ether oxygens (including phenoxy) is 1. The number of imidazole rings is 1. The van der Waals surface area contributed by atoms with Crippen LogP contribution in [-0.2, 0) is 16.0 Å². The number of aromatic amines is 1. The molecule has 180 valence electrons. The zero-order valence-corrected chi connectivity index (χ0v) is 19.3. The number of nitrogens with zero attached hydrogens (tertiary/aromatic N) is 2. The summed E-state index contributed by atoms with van der Waals surface area (Å²) < 4.78 is 44.5. The lowest BCUT2D eigenvalue weighted by molar-refractivity contribution is -0.217. The third-order valence-electron chi connectivity index (χ3n) is 7.33. The quantitative estimate of drug-likeness (QED) is 0.465. The largest absolute Gasteiger partial charge is 0.490 e. The number of hydrogen-bond acceptors (Lipinski definition) is 4. The number of halogens is 3. The first kappa shape index (κ1) is 22.9. The van der Waals surface area contributed by atoms with Gasteiger partial charge < -0.3 is 9.72 Å². The van der Waals surface area contributed by atoms with Gasteiger partial charge in [0.2, 0.25) is 0 Å². The van der Waals surface area contributed by atoms with E-state index in [-0.39, 0.29) is 11.5 Å². The highest BCUT2D eigenvalue weighted by Gasteiger charge is 2.45. The van der Waals surface area contributed by atoms with Crippen LogP contribution in [-0.4, -0.2) is 39.6 Å². The third-order valence-corrected chi connectivity index (χ3v) is 7.33. The molecule has 0 radical (unpaired) electrons. The van der Waals surface area contributed by atoms with Crippen molar-refractivity contribution in [2.24, 2.45) is 5.41 Å². The van der Waals surface area contributed by atoms with Crippen LogP contribution in [0.15, 0.2) is 42.7 Å². The zero-order valence-electron chi connectivity index (χ0n) is 19.3.